The Balaban J connectivity index is 1.89. The fraction of sp³-hybridized carbons (Fsp3) is 0.455. The van der Waals surface area contributed by atoms with Gasteiger partial charge in [-0.05, 0) is 48.4 Å². The summed E-state index contributed by atoms with van der Waals surface area (Å²) in [6.45, 7) is 5.84. The summed E-state index contributed by atoms with van der Waals surface area (Å²) in [5.74, 6) is 0.803. The van der Waals surface area contributed by atoms with Crippen molar-refractivity contribution in [1.82, 2.24) is 5.32 Å². The highest BCUT2D eigenvalue weighted by atomic mass is 32.2. The van der Waals surface area contributed by atoms with Gasteiger partial charge in [0.25, 0.3) is 9.84 Å². The van der Waals surface area contributed by atoms with Crippen molar-refractivity contribution >= 4 is 25.4 Å². The Bertz CT molecular complexity index is 1230. The summed E-state index contributed by atoms with van der Waals surface area (Å²) in [7, 11) is -8.87. The molecule has 1 heterocycles. The summed E-state index contributed by atoms with van der Waals surface area (Å²) < 4.78 is 91.9. The van der Waals surface area contributed by atoms with Crippen molar-refractivity contribution in [3.05, 3.63) is 48.0 Å². The molecule has 0 aromatic heterocycles. The van der Waals surface area contributed by atoms with Crippen LogP contribution in [0, 0.1) is 5.92 Å². The van der Waals surface area contributed by atoms with Gasteiger partial charge in [0.05, 0.1) is 22.4 Å². The highest BCUT2D eigenvalue weighted by Gasteiger charge is 2.46. The summed E-state index contributed by atoms with van der Waals surface area (Å²) in [6.07, 6.45) is 1.12. The monoisotopic (exact) mass is 520 g/mol. The van der Waals surface area contributed by atoms with E-state index in [1.54, 1.807) is 12.1 Å². The van der Waals surface area contributed by atoms with E-state index in [0.29, 0.717) is 43.2 Å². The lowest BCUT2D eigenvalue weighted by Gasteiger charge is -2.36. The Labute approximate surface area is 197 Å². The Hall–Kier alpha value is -2.31. The topological polar surface area (TPSA) is 92.8 Å². The second-order valence-electron chi connectivity index (χ2n) is 8.57. The molecule has 1 aliphatic heterocycles. The van der Waals surface area contributed by atoms with Gasteiger partial charge >= 0.3 is 5.51 Å². The predicted octanol–water partition coefficient (Wildman–Crippen LogP) is 3.57. The lowest BCUT2D eigenvalue weighted by Crippen LogP contribution is -2.46. The third-order valence-corrected chi connectivity index (χ3v) is 7.96. The van der Waals surface area contributed by atoms with Gasteiger partial charge in [-0.1, -0.05) is 13.8 Å². The summed E-state index contributed by atoms with van der Waals surface area (Å²) in [6, 6.07) is 8.93. The van der Waals surface area contributed by atoms with Crippen molar-refractivity contribution in [2.75, 3.05) is 37.4 Å². The smallest absolute Gasteiger partial charge is 0.493 e. The Morgan fingerprint density at radius 1 is 1.06 bits per heavy atom. The highest BCUT2D eigenvalue weighted by Crippen LogP contribution is 2.34. The Kier molecular flexibility index (Phi) is 7.54. The minimum atomic E-state index is -5.42. The van der Waals surface area contributed by atoms with Crippen LogP contribution in [0.1, 0.15) is 25.5 Å². The molecule has 12 heteroatoms. The number of halogens is 3. The maximum atomic E-state index is 12.8. The number of rotatable bonds is 7. The first-order chi connectivity index (χ1) is 15.7. The molecule has 2 aromatic rings. The summed E-state index contributed by atoms with van der Waals surface area (Å²) in [5, 5.41) is 3.34. The first-order valence-corrected chi connectivity index (χ1v) is 13.9. The first-order valence-electron chi connectivity index (χ1n) is 10.6. The lowest BCUT2D eigenvalue weighted by atomic mass is 10.0. The van der Waals surface area contributed by atoms with Gasteiger partial charge in [-0.25, -0.2) is 16.8 Å². The van der Waals surface area contributed by atoms with Crippen molar-refractivity contribution < 1.29 is 34.7 Å². The highest BCUT2D eigenvalue weighted by molar-refractivity contribution is 7.92. The molecule has 34 heavy (non-hydrogen) atoms. The minimum absolute atomic E-state index is 0.153. The number of nitrogens with zero attached hydrogens (tertiary/aromatic N) is 1. The molecular formula is C22H27F3N2O5S2. The third-order valence-electron chi connectivity index (χ3n) is 5.35. The van der Waals surface area contributed by atoms with Crippen LogP contribution in [0.5, 0.6) is 5.75 Å². The second-order valence-corrected chi connectivity index (χ2v) is 12.5. The quantitative estimate of drug-likeness (QED) is 0.597. The standard InChI is InChI=1S/C22H27F3N2O5S2/c1-15(2)14-32-21-9-8-18(33(3,28)29)12-19(21)20-13-27(11-10-26-20)16-4-6-17(7-5-16)34(30,31)22(23,24)25/h4-9,12,15,20,26H,10-11,13-14H2,1-3H3. The van der Waals surface area contributed by atoms with E-state index in [0.717, 1.165) is 18.4 Å². The molecule has 0 bridgehead atoms. The number of hydrogen-bond donors (Lipinski definition) is 1. The number of alkyl halides is 3. The van der Waals surface area contributed by atoms with Crippen molar-refractivity contribution in [2.45, 2.75) is 35.2 Å². The fourth-order valence-corrected chi connectivity index (χ4v) is 5.00. The van der Waals surface area contributed by atoms with E-state index in [-0.39, 0.29) is 16.9 Å². The minimum Gasteiger partial charge on any atom is -0.493 e. The van der Waals surface area contributed by atoms with E-state index in [9.17, 15) is 30.0 Å². The maximum absolute atomic E-state index is 12.8. The van der Waals surface area contributed by atoms with E-state index in [2.05, 4.69) is 5.32 Å². The van der Waals surface area contributed by atoms with Gasteiger partial charge in [0.15, 0.2) is 9.84 Å². The SMILES string of the molecule is CC(C)COc1ccc(S(C)(=O)=O)cc1C1CN(c2ccc(S(=O)(=O)C(F)(F)F)cc2)CCN1. The molecular weight excluding hydrogens is 493 g/mol. The van der Waals surface area contributed by atoms with Crippen LogP contribution in [0.15, 0.2) is 52.3 Å². The maximum Gasteiger partial charge on any atom is 0.501 e. The Morgan fingerprint density at radius 3 is 2.24 bits per heavy atom. The van der Waals surface area contributed by atoms with E-state index in [1.165, 1.54) is 18.2 Å². The van der Waals surface area contributed by atoms with Crippen molar-refractivity contribution in [1.29, 1.82) is 0 Å². The zero-order chi connectivity index (χ0) is 25.3. The molecule has 0 spiro atoms. The third kappa shape index (κ3) is 5.84. The summed E-state index contributed by atoms with van der Waals surface area (Å²) >= 11 is 0. The molecule has 1 fully saturated rings. The van der Waals surface area contributed by atoms with Crippen LogP contribution in [0.25, 0.3) is 0 Å². The molecule has 0 saturated carbocycles. The van der Waals surface area contributed by atoms with Crippen LogP contribution in [0.3, 0.4) is 0 Å². The molecule has 1 saturated heterocycles. The van der Waals surface area contributed by atoms with Gasteiger partial charge in [0.1, 0.15) is 5.75 Å². The number of anilines is 1. The number of nitrogens with one attached hydrogen (secondary N) is 1. The summed E-state index contributed by atoms with van der Waals surface area (Å²) in [4.78, 5) is 1.23. The number of benzene rings is 2. The van der Waals surface area contributed by atoms with Gasteiger partial charge in [-0.3, -0.25) is 0 Å². The van der Waals surface area contributed by atoms with Gasteiger partial charge in [-0.15, -0.1) is 0 Å². The number of sulfone groups is 2. The molecule has 0 radical (unpaired) electrons. The molecule has 1 unspecified atom stereocenters. The van der Waals surface area contributed by atoms with Gasteiger partial charge in [-0.2, -0.15) is 13.2 Å². The van der Waals surface area contributed by atoms with Gasteiger partial charge in [0, 0.05) is 37.1 Å². The molecule has 0 amide bonds. The van der Waals surface area contributed by atoms with E-state index < -0.39 is 30.1 Å². The zero-order valence-electron chi connectivity index (χ0n) is 19.0. The molecule has 0 aliphatic carbocycles. The average molecular weight is 521 g/mol. The average Bonchev–Trinajstić information content (AvgIpc) is 2.76. The second kappa shape index (κ2) is 9.74. The van der Waals surface area contributed by atoms with Crippen LogP contribution in [0.4, 0.5) is 18.9 Å². The molecule has 1 N–H and O–H groups in total. The van der Waals surface area contributed by atoms with Gasteiger partial charge < -0.3 is 15.0 Å². The molecule has 188 valence electrons. The molecule has 3 rings (SSSR count). The van der Waals surface area contributed by atoms with Crippen LogP contribution in [-0.2, 0) is 19.7 Å². The normalized spacial score (nSPS) is 17.7. The van der Waals surface area contributed by atoms with Crippen LogP contribution < -0.4 is 15.0 Å². The number of piperazine rings is 1. The van der Waals surface area contributed by atoms with Crippen molar-refractivity contribution in [3.63, 3.8) is 0 Å². The van der Waals surface area contributed by atoms with Crippen molar-refractivity contribution in [3.8, 4) is 5.75 Å². The number of hydrogen-bond acceptors (Lipinski definition) is 7. The fourth-order valence-electron chi connectivity index (χ4n) is 3.58. The van der Waals surface area contributed by atoms with Crippen LogP contribution in [0.2, 0.25) is 0 Å². The van der Waals surface area contributed by atoms with E-state index in [1.807, 2.05) is 18.7 Å². The molecule has 1 aliphatic rings. The van der Waals surface area contributed by atoms with Gasteiger partial charge in [0.2, 0.25) is 0 Å². The zero-order valence-corrected chi connectivity index (χ0v) is 20.6. The number of ether oxygens (including phenoxy) is 1. The van der Waals surface area contributed by atoms with Crippen molar-refractivity contribution in [2.24, 2.45) is 5.92 Å². The van der Waals surface area contributed by atoms with Crippen LogP contribution in [-0.4, -0.2) is 54.8 Å². The lowest BCUT2D eigenvalue weighted by molar-refractivity contribution is -0.0436. The van der Waals surface area contributed by atoms with E-state index >= 15 is 0 Å². The molecule has 1 atom stereocenters. The largest absolute Gasteiger partial charge is 0.501 e. The summed E-state index contributed by atoms with van der Waals surface area (Å²) in [5.41, 5.74) is -4.16. The van der Waals surface area contributed by atoms with E-state index in [4.69, 9.17) is 4.74 Å². The van der Waals surface area contributed by atoms with Crippen LogP contribution >= 0.6 is 0 Å². The molecule has 7 nitrogen and oxygen atoms in total. The first kappa shape index (κ1) is 26.3. The molecule has 2 aromatic carbocycles. The Morgan fingerprint density at radius 2 is 1.68 bits per heavy atom. The predicted molar refractivity (Wildman–Crippen MR) is 123 cm³/mol.